The molecule has 0 spiro atoms. The summed E-state index contributed by atoms with van der Waals surface area (Å²) in [5.74, 6) is -1.83. The number of nitrogens with one attached hydrogen (secondary N) is 1. The van der Waals surface area contributed by atoms with Gasteiger partial charge in [-0.2, -0.15) is 0 Å². The first-order valence-corrected chi connectivity index (χ1v) is 5.70. The maximum Gasteiger partial charge on any atom is 0.326 e. The number of hydrogen-bond acceptors (Lipinski definition) is 3. The van der Waals surface area contributed by atoms with Crippen molar-refractivity contribution in [1.29, 1.82) is 0 Å². The van der Waals surface area contributed by atoms with Crippen molar-refractivity contribution in [1.82, 2.24) is 10.2 Å². The van der Waals surface area contributed by atoms with E-state index in [0.29, 0.717) is 0 Å². The Morgan fingerprint density at radius 3 is 2.16 bits per heavy atom. The van der Waals surface area contributed by atoms with Gasteiger partial charge in [0.2, 0.25) is 5.91 Å². The molecule has 0 saturated heterocycles. The average Bonchev–Trinajstić information content (AvgIpc) is 2.33. The number of urea groups is 1. The zero-order chi connectivity index (χ0) is 14.8. The van der Waals surface area contributed by atoms with E-state index in [1.165, 1.54) is 17.1 Å². The van der Waals surface area contributed by atoms with E-state index in [2.05, 4.69) is 18.5 Å². The van der Waals surface area contributed by atoms with Crippen LogP contribution in [-0.4, -0.2) is 47.0 Å². The molecule has 0 heterocycles. The number of carbonyl (C=O) groups excluding carboxylic acids is 2. The minimum atomic E-state index is -1.22. The number of amides is 3. The molecule has 0 aromatic carbocycles. The molecule has 0 aliphatic carbocycles. The van der Waals surface area contributed by atoms with Crippen molar-refractivity contribution in [2.45, 2.75) is 18.9 Å². The van der Waals surface area contributed by atoms with E-state index in [4.69, 9.17) is 10.8 Å². The van der Waals surface area contributed by atoms with E-state index < -0.39 is 23.9 Å². The van der Waals surface area contributed by atoms with Crippen molar-refractivity contribution in [3.05, 3.63) is 25.3 Å². The third-order valence-corrected chi connectivity index (χ3v) is 2.26. The van der Waals surface area contributed by atoms with Gasteiger partial charge >= 0.3 is 12.0 Å². The Balaban J connectivity index is 4.58. The molecule has 0 aliphatic heterocycles. The molecule has 0 rings (SSSR count). The van der Waals surface area contributed by atoms with Gasteiger partial charge in [0.15, 0.2) is 0 Å². The number of carboxylic acids is 1. The summed E-state index contributed by atoms with van der Waals surface area (Å²) in [5.41, 5.74) is 4.95. The zero-order valence-electron chi connectivity index (χ0n) is 10.7. The Morgan fingerprint density at radius 2 is 1.79 bits per heavy atom. The first-order chi connectivity index (χ1) is 8.92. The topological polar surface area (TPSA) is 113 Å². The van der Waals surface area contributed by atoms with Gasteiger partial charge in [0, 0.05) is 19.5 Å². The zero-order valence-corrected chi connectivity index (χ0v) is 10.7. The SMILES string of the molecule is C=CCN(CC=C)C(=O)N[C@@H](CCC(N)=O)C(=O)O. The van der Waals surface area contributed by atoms with Gasteiger partial charge in [-0.25, -0.2) is 9.59 Å². The summed E-state index contributed by atoms with van der Waals surface area (Å²) in [6.07, 6.45) is 2.87. The lowest BCUT2D eigenvalue weighted by Crippen LogP contribution is -2.48. The third kappa shape index (κ3) is 6.87. The Bertz CT molecular complexity index is 358. The molecular formula is C12H19N3O4. The maximum atomic E-state index is 11.8. The van der Waals surface area contributed by atoms with Crippen LogP contribution in [0.15, 0.2) is 25.3 Å². The number of carbonyl (C=O) groups is 3. The summed E-state index contributed by atoms with van der Waals surface area (Å²) >= 11 is 0. The van der Waals surface area contributed by atoms with E-state index in [1.807, 2.05) is 0 Å². The first-order valence-electron chi connectivity index (χ1n) is 5.70. The highest BCUT2D eigenvalue weighted by Crippen LogP contribution is 2.00. The van der Waals surface area contributed by atoms with Crippen molar-refractivity contribution in [2.75, 3.05) is 13.1 Å². The molecule has 7 heteroatoms. The molecule has 0 aliphatic rings. The second-order valence-corrected chi connectivity index (χ2v) is 3.83. The fourth-order valence-corrected chi connectivity index (χ4v) is 1.34. The molecule has 0 unspecified atom stereocenters. The Kier molecular flexibility index (Phi) is 7.67. The molecule has 3 amide bonds. The fourth-order valence-electron chi connectivity index (χ4n) is 1.34. The van der Waals surface area contributed by atoms with Crippen LogP contribution in [0.4, 0.5) is 4.79 Å². The van der Waals surface area contributed by atoms with Crippen LogP contribution in [-0.2, 0) is 9.59 Å². The number of hydrogen-bond donors (Lipinski definition) is 3. The van der Waals surface area contributed by atoms with Crippen LogP contribution in [0.2, 0.25) is 0 Å². The standard InChI is InChI=1S/C12H19N3O4/c1-3-7-15(8-4-2)12(19)14-9(11(17)18)5-6-10(13)16/h3-4,9H,1-2,5-8H2,(H2,13,16)(H,14,19)(H,17,18)/t9-/m0/s1. The lowest BCUT2D eigenvalue weighted by molar-refractivity contribution is -0.139. The molecule has 0 saturated carbocycles. The second-order valence-electron chi connectivity index (χ2n) is 3.83. The second kappa shape index (κ2) is 8.73. The maximum absolute atomic E-state index is 11.8. The van der Waals surface area contributed by atoms with Gasteiger partial charge in [0.05, 0.1) is 0 Å². The number of rotatable bonds is 9. The van der Waals surface area contributed by atoms with E-state index in [1.54, 1.807) is 0 Å². The molecule has 1 atom stereocenters. The van der Waals surface area contributed by atoms with Gasteiger partial charge < -0.3 is 21.1 Å². The van der Waals surface area contributed by atoms with Crippen LogP contribution in [0.3, 0.4) is 0 Å². The highest BCUT2D eigenvalue weighted by Gasteiger charge is 2.22. The predicted molar refractivity (Wildman–Crippen MR) is 70.4 cm³/mol. The van der Waals surface area contributed by atoms with Gasteiger partial charge in [0.1, 0.15) is 6.04 Å². The number of carboxylic acid groups (broad SMARTS) is 1. The lowest BCUT2D eigenvalue weighted by Gasteiger charge is -2.22. The molecule has 0 aromatic rings. The summed E-state index contributed by atoms with van der Waals surface area (Å²) < 4.78 is 0. The summed E-state index contributed by atoms with van der Waals surface area (Å²) in [6, 6.07) is -1.71. The number of nitrogens with two attached hydrogens (primary N) is 1. The lowest BCUT2D eigenvalue weighted by atomic mass is 10.1. The predicted octanol–water partition coefficient (Wildman–Crippen LogP) is 0.0887. The van der Waals surface area contributed by atoms with Crippen molar-refractivity contribution in [3.8, 4) is 0 Å². The number of primary amides is 1. The van der Waals surface area contributed by atoms with Crippen LogP contribution in [0, 0.1) is 0 Å². The molecule has 0 fully saturated rings. The quantitative estimate of drug-likeness (QED) is 0.515. The van der Waals surface area contributed by atoms with Crippen molar-refractivity contribution >= 4 is 17.9 Å². The average molecular weight is 269 g/mol. The van der Waals surface area contributed by atoms with Gasteiger partial charge in [-0.05, 0) is 6.42 Å². The number of aliphatic carboxylic acids is 1. The van der Waals surface area contributed by atoms with E-state index in [9.17, 15) is 14.4 Å². The smallest absolute Gasteiger partial charge is 0.326 e. The monoisotopic (exact) mass is 269 g/mol. The molecule has 106 valence electrons. The van der Waals surface area contributed by atoms with E-state index in [-0.39, 0.29) is 25.9 Å². The van der Waals surface area contributed by atoms with Crippen LogP contribution in [0.5, 0.6) is 0 Å². The Hall–Kier alpha value is -2.31. The minimum Gasteiger partial charge on any atom is -0.480 e. The largest absolute Gasteiger partial charge is 0.480 e. The molecule has 0 radical (unpaired) electrons. The van der Waals surface area contributed by atoms with Crippen LogP contribution in [0.1, 0.15) is 12.8 Å². The summed E-state index contributed by atoms with van der Waals surface area (Å²) in [7, 11) is 0. The first kappa shape index (κ1) is 16.7. The molecule has 0 bridgehead atoms. The van der Waals surface area contributed by atoms with Gasteiger partial charge in [-0.15, -0.1) is 13.2 Å². The molecule has 0 aromatic heterocycles. The molecule has 7 nitrogen and oxygen atoms in total. The van der Waals surface area contributed by atoms with Crippen molar-refractivity contribution < 1.29 is 19.5 Å². The van der Waals surface area contributed by atoms with Gasteiger partial charge in [0.25, 0.3) is 0 Å². The summed E-state index contributed by atoms with van der Waals surface area (Å²) in [5, 5.41) is 11.3. The normalized spacial score (nSPS) is 11.2. The highest BCUT2D eigenvalue weighted by molar-refractivity contribution is 5.83. The summed E-state index contributed by atoms with van der Waals surface area (Å²) in [6.45, 7) is 7.54. The molecule has 4 N–H and O–H groups in total. The van der Waals surface area contributed by atoms with Crippen LogP contribution < -0.4 is 11.1 Å². The van der Waals surface area contributed by atoms with Crippen LogP contribution >= 0.6 is 0 Å². The van der Waals surface area contributed by atoms with Crippen molar-refractivity contribution in [3.63, 3.8) is 0 Å². The Labute approximate surface area is 111 Å². The fraction of sp³-hybridized carbons (Fsp3) is 0.417. The summed E-state index contributed by atoms with van der Waals surface area (Å²) in [4.78, 5) is 34.7. The van der Waals surface area contributed by atoms with E-state index in [0.717, 1.165) is 0 Å². The van der Waals surface area contributed by atoms with Gasteiger partial charge in [-0.3, -0.25) is 4.79 Å². The van der Waals surface area contributed by atoms with Crippen molar-refractivity contribution in [2.24, 2.45) is 5.73 Å². The van der Waals surface area contributed by atoms with E-state index >= 15 is 0 Å². The minimum absolute atomic E-state index is 0.0492. The molecular weight excluding hydrogens is 250 g/mol. The molecule has 19 heavy (non-hydrogen) atoms. The highest BCUT2D eigenvalue weighted by atomic mass is 16.4. The van der Waals surface area contributed by atoms with Gasteiger partial charge in [-0.1, -0.05) is 12.2 Å². The Morgan fingerprint density at radius 1 is 1.26 bits per heavy atom. The van der Waals surface area contributed by atoms with Crippen LogP contribution in [0.25, 0.3) is 0 Å². The third-order valence-electron chi connectivity index (χ3n) is 2.26. The number of nitrogens with zero attached hydrogens (tertiary/aromatic N) is 1.